The zero-order valence-electron chi connectivity index (χ0n) is 11.4. The predicted octanol–water partition coefficient (Wildman–Crippen LogP) is -1.09. The van der Waals surface area contributed by atoms with Crippen LogP contribution in [0.25, 0.3) is 0 Å². The van der Waals surface area contributed by atoms with E-state index in [2.05, 4.69) is 5.32 Å². The zero-order chi connectivity index (χ0) is 12.0. The smallest absolute Gasteiger partial charge is 0.216 e. The standard InChI is InChI=1S/C12H17NO3.3H2O/c1-9(14)13-7-6-10-4-5-11(15-2)12(8-10)16-3;;;/h4-5,8H,6-7H2,1-3H3,(H,13,14);3*1H2. The molecule has 112 valence electrons. The minimum Gasteiger partial charge on any atom is -0.493 e. The van der Waals surface area contributed by atoms with Crippen LogP contribution in [0.4, 0.5) is 0 Å². The van der Waals surface area contributed by atoms with Crippen molar-refractivity contribution in [3.8, 4) is 11.5 Å². The van der Waals surface area contributed by atoms with E-state index in [1.807, 2.05) is 18.2 Å². The number of carbonyl (C=O) groups is 1. The third kappa shape index (κ3) is 7.24. The van der Waals surface area contributed by atoms with Gasteiger partial charge < -0.3 is 31.2 Å². The third-order valence-electron chi connectivity index (χ3n) is 2.24. The van der Waals surface area contributed by atoms with E-state index in [0.717, 1.165) is 12.0 Å². The second-order valence-electron chi connectivity index (χ2n) is 3.42. The van der Waals surface area contributed by atoms with E-state index in [-0.39, 0.29) is 22.3 Å². The van der Waals surface area contributed by atoms with Crippen molar-refractivity contribution in [2.75, 3.05) is 20.8 Å². The summed E-state index contributed by atoms with van der Waals surface area (Å²) in [7, 11) is 3.21. The van der Waals surface area contributed by atoms with Crippen LogP contribution in [0.5, 0.6) is 11.5 Å². The van der Waals surface area contributed by atoms with Gasteiger partial charge in [0.1, 0.15) is 0 Å². The molecule has 7 nitrogen and oxygen atoms in total. The van der Waals surface area contributed by atoms with E-state index in [1.165, 1.54) is 6.92 Å². The summed E-state index contributed by atoms with van der Waals surface area (Å²) in [5.74, 6) is 1.41. The Morgan fingerprint density at radius 3 is 2.16 bits per heavy atom. The van der Waals surface area contributed by atoms with E-state index in [0.29, 0.717) is 18.0 Å². The summed E-state index contributed by atoms with van der Waals surface area (Å²) in [6, 6.07) is 5.74. The van der Waals surface area contributed by atoms with Crippen molar-refractivity contribution in [2.24, 2.45) is 0 Å². The molecule has 0 fully saturated rings. The van der Waals surface area contributed by atoms with Crippen molar-refractivity contribution in [2.45, 2.75) is 13.3 Å². The summed E-state index contributed by atoms with van der Waals surface area (Å²) in [4.78, 5) is 10.7. The number of rotatable bonds is 5. The fourth-order valence-electron chi connectivity index (χ4n) is 1.42. The van der Waals surface area contributed by atoms with Crippen LogP contribution < -0.4 is 14.8 Å². The molecule has 0 heterocycles. The molecule has 0 aliphatic rings. The second kappa shape index (κ2) is 11.3. The molecular weight excluding hydrogens is 254 g/mol. The molecule has 7 heteroatoms. The largest absolute Gasteiger partial charge is 0.493 e. The van der Waals surface area contributed by atoms with Crippen molar-refractivity contribution in [3.63, 3.8) is 0 Å². The lowest BCUT2D eigenvalue weighted by Crippen LogP contribution is -2.22. The fourth-order valence-corrected chi connectivity index (χ4v) is 1.42. The van der Waals surface area contributed by atoms with Crippen LogP contribution in [0, 0.1) is 0 Å². The maximum absolute atomic E-state index is 10.7. The Balaban J connectivity index is -0.000000853. The van der Waals surface area contributed by atoms with Gasteiger partial charge in [0, 0.05) is 13.5 Å². The molecule has 1 aromatic rings. The second-order valence-corrected chi connectivity index (χ2v) is 3.42. The highest BCUT2D eigenvalue weighted by Gasteiger charge is 2.04. The Kier molecular flexibility index (Phi) is 13.3. The van der Waals surface area contributed by atoms with Crippen LogP contribution in [0.15, 0.2) is 18.2 Å². The summed E-state index contributed by atoms with van der Waals surface area (Å²) >= 11 is 0. The van der Waals surface area contributed by atoms with Crippen molar-refractivity contribution in [1.82, 2.24) is 5.32 Å². The van der Waals surface area contributed by atoms with Crippen molar-refractivity contribution in [3.05, 3.63) is 23.8 Å². The lowest BCUT2D eigenvalue weighted by atomic mass is 10.1. The molecule has 0 spiro atoms. The number of hydrogen-bond donors (Lipinski definition) is 1. The molecular formula is C12H23NO6. The number of carbonyl (C=O) groups excluding carboxylic acids is 1. The van der Waals surface area contributed by atoms with Gasteiger partial charge in [-0.05, 0) is 24.1 Å². The number of amides is 1. The molecule has 0 aliphatic carbocycles. The molecule has 0 atom stereocenters. The molecule has 19 heavy (non-hydrogen) atoms. The molecule has 0 saturated carbocycles. The number of hydrogen-bond acceptors (Lipinski definition) is 3. The van der Waals surface area contributed by atoms with Gasteiger partial charge in [0.05, 0.1) is 14.2 Å². The Morgan fingerprint density at radius 2 is 1.68 bits per heavy atom. The van der Waals surface area contributed by atoms with Crippen LogP contribution in [0.2, 0.25) is 0 Å². The number of nitrogens with one attached hydrogen (secondary N) is 1. The van der Waals surface area contributed by atoms with Gasteiger partial charge in [-0.15, -0.1) is 0 Å². The molecule has 1 amide bonds. The first-order chi connectivity index (χ1) is 7.67. The van der Waals surface area contributed by atoms with Gasteiger partial charge in [-0.3, -0.25) is 4.79 Å². The Labute approximate surface area is 112 Å². The molecule has 0 radical (unpaired) electrons. The summed E-state index contributed by atoms with van der Waals surface area (Å²) < 4.78 is 10.3. The SMILES string of the molecule is COc1ccc(CCNC(C)=O)cc1OC.O.O.O. The first-order valence-electron chi connectivity index (χ1n) is 5.12. The van der Waals surface area contributed by atoms with Crippen LogP contribution >= 0.6 is 0 Å². The van der Waals surface area contributed by atoms with Gasteiger partial charge in [-0.1, -0.05) is 6.07 Å². The van der Waals surface area contributed by atoms with Gasteiger partial charge >= 0.3 is 0 Å². The molecule has 0 unspecified atom stereocenters. The van der Waals surface area contributed by atoms with Crippen LogP contribution in [0.1, 0.15) is 12.5 Å². The summed E-state index contributed by atoms with van der Waals surface area (Å²) in [6.45, 7) is 2.14. The van der Waals surface area contributed by atoms with Gasteiger partial charge in [-0.25, -0.2) is 0 Å². The molecule has 0 saturated heterocycles. The third-order valence-corrected chi connectivity index (χ3v) is 2.24. The highest BCUT2D eigenvalue weighted by atomic mass is 16.5. The molecule has 0 aliphatic heterocycles. The van der Waals surface area contributed by atoms with E-state index in [9.17, 15) is 4.79 Å². The normalized spacial score (nSPS) is 8.16. The molecule has 1 rings (SSSR count). The van der Waals surface area contributed by atoms with E-state index in [1.54, 1.807) is 14.2 Å². The number of ether oxygens (including phenoxy) is 2. The predicted molar refractivity (Wildman–Crippen MR) is 72.8 cm³/mol. The average Bonchev–Trinajstić information content (AvgIpc) is 2.28. The summed E-state index contributed by atoms with van der Waals surface area (Å²) in [6.07, 6.45) is 0.778. The minimum absolute atomic E-state index is 0. The van der Waals surface area contributed by atoms with E-state index >= 15 is 0 Å². The van der Waals surface area contributed by atoms with Crippen LogP contribution in [-0.2, 0) is 11.2 Å². The summed E-state index contributed by atoms with van der Waals surface area (Å²) in [5, 5.41) is 2.75. The average molecular weight is 277 g/mol. The quantitative estimate of drug-likeness (QED) is 0.730. The Hall–Kier alpha value is -1.83. The lowest BCUT2D eigenvalue weighted by Gasteiger charge is -2.09. The number of benzene rings is 1. The molecule has 0 aromatic heterocycles. The van der Waals surface area contributed by atoms with E-state index < -0.39 is 0 Å². The zero-order valence-corrected chi connectivity index (χ0v) is 11.4. The number of methoxy groups -OCH3 is 2. The topological polar surface area (TPSA) is 142 Å². The Bertz CT molecular complexity index is 369. The van der Waals surface area contributed by atoms with Crippen molar-refractivity contribution in [1.29, 1.82) is 0 Å². The minimum atomic E-state index is -0.0134. The first-order valence-corrected chi connectivity index (χ1v) is 5.12. The van der Waals surface area contributed by atoms with Gasteiger partial charge in [0.15, 0.2) is 11.5 Å². The van der Waals surface area contributed by atoms with Gasteiger partial charge in [0.25, 0.3) is 0 Å². The van der Waals surface area contributed by atoms with Crippen molar-refractivity contribution < 1.29 is 30.7 Å². The maximum atomic E-state index is 10.7. The lowest BCUT2D eigenvalue weighted by molar-refractivity contribution is -0.118. The molecule has 1 aromatic carbocycles. The van der Waals surface area contributed by atoms with Crippen molar-refractivity contribution >= 4 is 5.91 Å². The van der Waals surface area contributed by atoms with Gasteiger partial charge in [-0.2, -0.15) is 0 Å². The fraction of sp³-hybridized carbons (Fsp3) is 0.417. The van der Waals surface area contributed by atoms with E-state index in [4.69, 9.17) is 9.47 Å². The molecule has 0 bridgehead atoms. The van der Waals surface area contributed by atoms with Crippen LogP contribution in [0.3, 0.4) is 0 Å². The highest BCUT2D eigenvalue weighted by molar-refractivity contribution is 5.72. The monoisotopic (exact) mass is 277 g/mol. The Morgan fingerprint density at radius 1 is 1.11 bits per heavy atom. The van der Waals surface area contributed by atoms with Gasteiger partial charge in [0.2, 0.25) is 5.91 Å². The highest BCUT2D eigenvalue weighted by Crippen LogP contribution is 2.27. The molecule has 7 N–H and O–H groups in total. The first kappa shape index (κ1) is 22.4. The summed E-state index contributed by atoms with van der Waals surface area (Å²) in [5.41, 5.74) is 1.10. The maximum Gasteiger partial charge on any atom is 0.216 e. The van der Waals surface area contributed by atoms with Crippen LogP contribution in [-0.4, -0.2) is 43.1 Å².